The monoisotopic (exact) mass is 352 g/mol. The molecule has 3 unspecified atom stereocenters. The maximum atomic E-state index is 10.9. The number of phosphoric ester groups is 1. The molecule has 0 saturated heterocycles. The summed E-state index contributed by atoms with van der Waals surface area (Å²) in [6.45, 7) is 0. The van der Waals surface area contributed by atoms with E-state index in [4.69, 9.17) is 24.5 Å². The van der Waals surface area contributed by atoms with Crippen molar-refractivity contribution in [3.63, 3.8) is 0 Å². The smallest absolute Gasteiger partial charge is 0.302 e. The van der Waals surface area contributed by atoms with Crippen molar-refractivity contribution in [2.45, 2.75) is 0 Å². The first-order valence-corrected chi connectivity index (χ1v) is 9.43. The summed E-state index contributed by atoms with van der Waals surface area (Å²) in [6.07, 6.45) is 0. The Morgan fingerprint density at radius 3 is 1.33 bits per heavy atom. The van der Waals surface area contributed by atoms with Crippen molar-refractivity contribution in [2.75, 3.05) is 7.11 Å². The minimum atomic E-state index is -5.72. The predicted molar refractivity (Wildman–Crippen MR) is 51.8 cm³/mol. The summed E-state index contributed by atoms with van der Waals surface area (Å²) in [6, 6.07) is 0. The third-order valence-electron chi connectivity index (χ3n) is 0.853. The van der Waals surface area contributed by atoms with Crippen LogP contribution in [0.2, 0.25) is 0 Å². The highest BCUT2D eigenvalue weighted by Crippen LogP contribution is 2.70. The lowest BCUT2D eigenvalue weighted by Crippen LogP contribution is -1.96. The van der Waals surface area contributed by atoms with E-state index in [-0.39, 0.29) is 0 Å². The van der Waals surface area contributed by atoms with Gasteiger partial charge < -0.3 is 24.5 Å². The molecular formula is CH8O13P4. The summed E-state index contributed by atoms with van der Waals surface area (Å²) in [7, 11) is -21.3. The van der Waals surface area contributed by atoms with Crippen LogP contribution in [-0.4, -0.2) is 31.6 Å². The van der Waals surface area contributed by atoms with Crippen LogP contribution in [0.5, 0.6) is 0 Å². The Kier molecular flexibility index (Phi) is 6.09. The van der Waals surface area contributed by atoms with Gasteiger partial charge in [-0.3, -0.25) is 4.52 Å². The average molecular weight is 352 g/mol. The van der Waals surface area contributed by atoms with Gasteiger partial charge in [-0.1, -0.05) is 0 Å². The van der Waals surface area contributed by atoms with Crippen LogP contribution in [0.4, 0.5) is 0 Å². The largest absolute Gasteiger partial charge is 0.490 e. The van der Waals surface area contributed by atoms with Crippen molar-refractivity contribution in [1.82, 2.24) is 0 Å². The van der Waals surface area contributed by atoms with Crippen LogP contribution in [0, 0.1) is 0 Å². The maximum absolute atomic E-state index is 10.9. The van der Waals surface area contributed by atoms with Crippen LogP contribution < -0.4 is 0 Å². The van der Waals surface area contributed by atoms with E-state index in [2.05, 4.69) is 17.5 Å². The molecule has 0 aromatic heterocycles. The first kappa shape index (κ1) is 18.6. The molecule has 3 atom stereocenters. The van der Waals surface area contributed by atoms with Crippen LogP contribution in [0.25, 0.3) is 0 Å². The van der Waals surface area contributed by atoms with Gasteiger partial charge in [0.1, 0.15) is 0 Å². The SMILES string of the molecule is COP(=O)(O)OP(=O)(O)OP(=O)(O)OP(=O)(O)O. The summed E-state index contributed by atoms with van der Waals surface area (Å²) in [4.78, 5) is 42.3. The lowest BCUT2D eigenvalue weighted by atomic mass is 11.8. The molecule has 13 nitrogen and oxygen atoms in total. The van der Waals surface area contributed by atoms with Crippen LogP contribution in [0.15, 0.2) is 0 Å². The van der Waals surface area contributed by atoms with Crippen LogP contribution >= 0.6 is 31.3 Å². The van der Waals surface area contributed by atoms with E-state index in [1.807, 2.05) is 0 Å². The second-order valence-corrected chi connectivity index (χ2v) is 8.44. The zero-order valence-electron chi connectivity index (χ0n) is 8.29. The molecule has 0 spiro atoms. The van der Waals surface area contributed by atoms with Crippen molar-refractivity contribution in [2.24, 2.45) is 0 Å². The number of phosphoric acid groups is 4. The highest BCUT2D eigenvalue weighted by atomic mass is 31.3. The van der Waals surface area contributed by atoms with E-state index < -0.39 is 31.3 Å². The molecule has 0 aliphatic heterocycles. The van der Waals surface area contributed by atoms with E-state index in [0.29, 0.717) is 7.11 Å². The molecule has 0 aromatic carbocycles. The summed E-state index contributed by atoms with van der Waals surface area (Å²) < 4.78 is 56.2. The lowest BCUT2D eigenvalue weighted by Gasteiger charge is -2.17. The minimum Gasteiger partial charge on any atom is -0.302 e. The second-order valence-electron chi connectivity index (χ2n) is 2.32. The van der Waals surface area contributed by atoms with Gasteiger partial charge in [0.15, 0.2) is 0 Å². The van der Waals surface area contributed by atoms with Gasteiger partial charge in [0, 0.05) is 7.11 Å². The summed E-state index contributed by atoms with van der Waals surface area (Å²) in [5.41, 5.74) is 0. The van der Waals surface area contributed by atoms with E-state index >= 15 is 0 Å². The van der Waals surface area contributed by atoms with Crippen molar-refractivity contribution in [3.8, 4) is 0 Å². The highest BCUT2D eigenvalue weighted by molar-refractivity contribution is 7.69. The molecule has 0 bridgehead atoms. The Labute approximate surface area is 99.4 Å². The predicted octanol–water partition coefficient (Wildman–Crippen LogP) is 0.0765. The van der Waals surface area contributed by atoms with Crippen LogP contribution in [0.3, 0.4) is 0 Å². The molecule has 0 radical (unpaired) electrons. The molecular weight excluding hydrogens is 344 g/mol. The highest BCUT2D eigenvalue weighted by Gasteiger charge is 2.44. The Balaban J connectivity index is 4.88. The Morgan fingerprint density at radius 2 is 1.00 bits per heavy atom. The zero-order chi connectivity index (χ0) is 14.8. The normalized spacial score (nSPS) is 22.8. The second kappa shape index (κ2) is 5.90. The van der Waals surface area contributed by atoms with Crippen molar-refractivity contribution < 1.29 is 60.2 Å². The van der Waals surface area contributed by atoms with Crippen molar-refractivity contribution in [1.29, 1.82) is 0 Å². The minimum absolute atomic E-state index is 0.603. The molecule has 0 rings (SSSR count). The molecule has 110 valence electrons. The topological polar surface area (TPSA) is 206 Å². The lowest BCUT2D eigenvalue weighted by molar-refractivity contribution is 0.184. The van der Waals surface area contributed by atoms with E-state index in [0.717, 1.165) is 0 Å². The maximum Gasteiger partial charge on any atom is 0.490 e. The first-order valence-electron chi connectivity index (χ1n) is 3.42. The van der Waals surface area contributed by atoms with Crippen molar-refractivity contribution in [3.05, 3.63) is 0 Å². The van der Waals surface area contributed by atoms with Gasteiger partial charge in [0.05, 0.1) is 0 Å². The molecule has 0 fully saturated rings. The number of rotatable bonds is 7. The number of hydrogen-bond acceptors (Lipinski definition) is 8. The summed E-state index contributed by atoms with van der Waals surface area (Å²) >= 11 is 0. The number of hydrogen-bond donors (Lipinski definition) is 5. The molecule has 0 saturated carbocycles. The van der Waals surface area contributed by atoms with Gasteiger partial charge in [0.25, 0.3) is 0 Å². The molecule has 0 amide bonds. The summed E-state index contributed by atoms with van der Waals surface area (Å²) in [5, 5.41) is 0. The van der Waals surface area contributed by atoms with Gasteiger partial charge in [-0.2, -0.15) is 12.9 Å². The van der Waals surface area contributed by atoms with Gasteiger partial charge >= 0.3 is 31.3 Å². The molecule has 18 heavy (non-hydrogen) atoms. The van der Waals surface area contributed by atoms with Crippen LogP contribution in [-0.2, 0) is 35.7 Å². The van der Waals surface area contributed by atoms with E-state index in [9.17, 15) is 18.3 Å². The zero-order valence-corrected chi connectivity index (χ0v) is 11.9. The molecule has 17 heteroatoms. The molecule has 0 aliphatic rings. The van der Waals surface area contributed by atoms with Gasteiger partial charge in [-0.05, 0) is 0 Å². The third-order valence-corrected chi connectivity index (χ3v) is 6.29. The Morgan fingerprint density at radius 1 is 0.667 bits per heavy atom. The molecule has 0 heterocycles. The van der Waals surface area contributed by atoms with E-state index in [1.165, 1.54) is 0 Å². The molecule has 5 N–H and O–H groups in total. The standard InChI is InChI=1S/CH8O13P4/c1-11-16(5,6)13-18(9,10)14-17(7,8)12-15(2,3)4/h1H3,(H,5,6)(H,7,8)(H,9,10)(H2,2,3,4). The van der Waals surface area contributed by atoms with Gasteiger partial charge in [0.2, 0.25) is 0 Å². The molecule has 0 aromatic rings. The fourth-order valence-corrected chi connectivity index (χ4v) is 4.66. The molecule has 0 aliphatic carbocycles. The summed E-state index contributed by atoms with van der Waals surface area (Å²) in [5.74, 6) is 0. The fourth-order valence-electron chi connectivity index (χ4n) is 0.458. The average Bonchev–Trinajstić information content (AvgIpc) is 1.93. The fraction of sp³-hybridized carbons (Fsp3) is 1.00. The van der Waals surface area contributed by atoms with Crippen molar-refractivity contribution >= 4 is 31.3 Å². The van der Waals surface area contributed by atoms with Crippen LogP contribution in [0.1, 0.15) is 0 Å². The Hall–Kier alpha value is 0.560. The Bertz CT molecular complexity index is 469. The van der Waals surface area contributed by atoms with Gasteiger partial charge in [-0.15, -0.1) is 0 Å². The quantitative estimate of drug-likeness (QED) is 0.385. The third kappa shape index (κ3) is 8.63. The van der Waals surface area contributed by atoms with E-state index in [1.54, 1.807) is 0 Å². The van der Waals surface area contributed by atoms with Gasteiger partial charge in [-0.25, -0.2) is 18.3 Å². The first-order chi connectivity index (χ1) is 7.68.